The molecule has 6 nitrogen and oxygen atoms in total. The van der Waals surface area contributed by atoms with Crippen LogP contribution in [0.1, 0.15) is 12.1 Å². The van der Waals surface area contributed by atoms with Crippen LogP contribution in [-0.2, 0) is 6.42 Å². The van der Waals surface area contributed by atoms with Gasteiger partial charge >= 0.3 is 0 Å². The number of aliphatic hydroxyl groups is 1. The summed E-state index contributed by atoms with van der Waals surface area (Å²) >= 11 is 0. The van der Waals surface area contributed by atoms with Crippen LogP contribution in [0.5, 0.6) is 0 Å². The second-order valence-electron chi connectivity index (χ2n) is 5.70. The molecule has 21 heavy (non-hydrogen) atoms. The molecule has 118 valence electrons. The number of likely N-dealkylation sites (tertiary alicyclic amines) is 1. The van der Waals surface area contributed by atoms with Crippen molar-refractivity contribution in [1.82, 2.24) is 15.2 Å². The number of aromatic nitrogens is 1. The van der Waals surface area contributed by atoms with Gasteiger partial charge in [0.25, 0.3) is 0 Å². The highest BCUT2D eigenvalue weighted by atomic mass is 16.3. The molecule has 0 spiro atoms. The van der Waals surface area contributed by atoms with E-state index < -0.39 is 0 Å². The summed E-state index contributed by atoms with van der Waals surface area (Å²) in [4.78, 5) is 6.80. The number of rotatable bonds is 8. The molecule has 0 amide bonds. The summed E-state index contributed by atoms with van der Waals surface area (Å²) in [6.07, 6.45) is 1.71. The Morgan fingerprint density at radius 2 is 2.24 bits per heavy atom. The zero-order valence-corrected chi connectivity index (χ0v) is 12.5. The highest BCUT2D eigenvalue weighted by molar-refractivity contribution is 5.29. The number of pyridine rings is 1. The van der Waals surface area contributed by atoms with Crippen molar-refractivity contribution in [3.05, 3.63) is 23.9 Å². The maximum atomic E-state index is 8.92. The van der Waals surface area contributed by atoms with E-state index in [1.54, 1.807) is 0 Å². The normalized spacial score (nSPS) is 22.8. The molecule has 1 fully saturated rings. The molecule has 1 aliphatic heterocycles. The van der Waals surface area contributed by atoms with Crippen molar-refractivity contribution < 1.29 is 5.11 Å². The highest BCUT2D eigenvalue weighted by Crippen LogP contribution is 2.21. The number of anilines is 1. The van der Waals surface area contributed by atoms with Crippen LogP contribution in [-0.4, -0.2) is 60.4 Å². The SMILES string of the molecule is NCCN1C[C@H](Cc2cccc(N)n2)[C@@H](NCCCO)C1. The molecule has 6 heteroatoms. The van der Waals surface area contributed by atoms with E-state index in [-0.39, 0.29) is 6.61 Å². The summed E-state index contributed by atoms with van der Waals surface area (Å²) < 4.78 is 0. The van der Waals surface area contributed by atoms with Gasteiger partial charge in [0.15, 0.2) is 0 Å². The first-order valence-electron chi connectivity index (χ1n) is 7.71. The molecular weight excluding hydrogens is 266 g/mol. The Hall–Kier alpha value is -1.21. The van der Waals surface area contributed by atoms with E-state index in [1.807, 2.05) is 18.2 Å². The van der Waals surface area contributed by atoms with Crippen molar-refractivity contribution in [1.29, 1.82) is 0 Å². The molecule has 6 N–H and O–H groups in total. The zero-order valence-electron chi connectivity index (χ0n) is 12.5. The fourth-order valence-corrected chi connectivity index (χ4v) is 3.01. The standard InChI is InChI=1S/C15H27N5O/c16-5-7-20-10-12(14(11-20)18-6-2-8-21)9-13-3-1-4-15(17)19-13/h1,3-4,12,14,18,21H,2,5-11,16H2,(H2,17,19)/t12-,14-/m0/s1. The van der Waals surface area contributed by atoms with Gasteiger partial charge in [0, 0.05) is 44.5 Å². The van der Waals surface area contributed by atoms with E-state index in [9.17, 15) is 0 Å². The minimum absolute atomic E-state index is 0.230. The Morgan fingerprint density at radius 1 is 1.38 bits per heavy atom. The van der Waals surface area contributed by atoms with E-state index in [1.165, 1.54) is 0 Å². The number of nitrogens with one attached hydrogen (secondary N) is 1. The van der Waals surface area contributed by atoms with E-state index in [4.69, 9.17) is 16.6 Å². The van der Waals surface area contributed by atoms with Gasteiger partial charge in [0.2, 0.25) is 0 Å². The molecule has 0 aromatic carbocycles. The second-order valence-corrected chi connectivity index (χ2v) is 5.70. The Balaban J connectivity index is 1.95. The molecule has 0 bridgehead atoms. The zero-order chi connectivity index (χ0) is 15.1. The monoisotopic (exact) mass is 293 g/mol. The van der Waals surface area contributed by atoms with Crippen LogP contribution in [0.2, 0.25) is 0 Å². The third-order valence-corrected chi connectivity index (χ3v) is 4.00. The first kappa shape index (κ1) is 16.2. The minimum Gasteiger partial charge on any atom is -0.396 e. The predicted molar refractivity (Wildman–Crippen MR) is 84.8 cm³/mol. The van der Waals surface area contributed by atoms with Crippen molar-refractivity contribution in [3.63, 3.8) is 0 Å². The van der Waals surface area contributed by atoms with Gasteiger partial charge in [-0.2, -0.15) is 0 Å². The molecule has 1 aliphatic rings. The van der Waals surface area contributed by atoms with Crippen molar-refractivity contribution in [2.75, 3.05) is 45.1 Å². The van der Waals surface area contributed by atoms with Crippen molar-refractivity contribution in [2.45, 2.75) is 18.9 Å². The minimum atomic E-state index is 0.230. The lowest BCUT2D eigenvalue weighted by Crippen LogP contribution is -2.38. The topological polar surface area (TPSA) is 100 Å². The van der Waals surface area contributed by atoms with Crippen LogP contribution >= 0.6 is 0 Å². The summed E-state index contributed by atoms with van der Waals surface area (Å²) in [6.45, 7) is 4.73. The van der Waals surface area contributed by atoms with Gasteiger partial charge in [0.1, 0.15) is 5.82 Å². The molecule has 0 aliphatic carbocycles. The fraction of sp³-hybridized carbons (Fsp3) is 0.667. The fourth-order valence-electron chi connectivity index (χ4n) is 3.01. The van der Waals surface area contributed by atoms with Crippen LogP contribution in [0.15, 0.2) is 18.2 Å². The molecular formula is C15H27N5O. The molecule has 2 heterocycles. The first-order chi connectivity index (χ1) is 10.2. The summed E-state index contributed by atoms with van der Waals surface area (Å²) in [7, 11) is 0. The number of nitrogens with two attached hydrogens (primary N) is 2. The maximum Gasteiger partial charge on any atom is 0.123 e. The van der Waals surface area contributed by atoms with Gasteiger partial charge in [-0.1, -0.05) is 6.07 Å². The third kappa shape index (κ3) is 4.93. The van der Waals surface area contributed by atoms with Gasteiger partial charge < -0.3 is 26.8 Å². The number of nitrogen functional groups attached to an aromatic ring is 1. The van der Waals surface area contributed by atoms with Crippen molar-refractivity contribution in [2.24, 2.45) is 11.7 Å². The van der Waals surface area contributed by atoms with Crippen molar-refractivity contribution >= 4 is 5.82 Å². The molecule has 1 aromatic heterocycles. The average Bonchev–Trinajstić information content (AvgIpc) is 2.82. The lowest BCUT2D eigenvalue weighted by atomic mass is 9.97. The van der Waals surface area contributed by atoms with E-state index in [0.717, 1.165) is 44.7 Å². The quantitative estimate of drug-likeness (QED) is 0.479. The molecule has 0 saturated carbocycles. The lowest BCUT2D eigenvalue weighted by Gasteiger charge is -2.19. The Morgan fingerprint density at radius 3 is 2.95 bits per heavy atom. The van der Waals surface area contributed by atoms with E-state index >= 15 is 0 Å². The van der Waals surface area contributed by atoms with Gasteiger partial charge in [-0.25, -0.2) is 4.98 Å². The number of hydrogen-bond acceptors (Lipinski definition) is 6. The largest absolute Gasteiger partial charge is 0.396 e. The smallest absolute Gasteiger partial charge is 0.123 e. The van der Waals surface area contributed by atoms with Gasteiger partial charge in [-0.05, 0) is 37.4 Å². The van der Waals surface area contributed by atoms with Gasteiger partial charge in [-0.3, -0.25) is 0 Å². The number of nitrogens with zero attached hydrogens (tertiary/aromatic N) is 2. The molecule has 2 rings (SSSR count). The van der Waals surface area contributed by atoms with Crippen LogP contribution < -0.4 is 16.8 Å². The van der Waals surface area contributed by atoms with Crippen LogP contribution in [0.3, 0.4) is 0 Å². The summed E-state index contributed by atoms with van der Waals surface area (Å²) in [6, 6.07) is 6.23. The predicted octanol–water partition coefficient (Wildman–Crippen LogP) is -0.563. The Labute approximate surface area is 126 Å². The molecule has 0 radical (unpaired) electrons. The van der Waals surface area contributed by atoms with E-state index in [0.29, 0.717) is 24.3 Å². The maximum absolute atomic E-state index is 8.92. The Kier molecular flexibility index (Phi) is 6.38. The van der Waals surface area contributed by atoms with Crippen LogP contribution in [0.25, 0.3) is 0 Å². The molecule has 0 unspecified atom stereocenters. The van der Waals surface area contributed by atoms with Crippen LogP contribution in [0, 0.1) is 5.92 Å². The first-order valence-corrected chi connectivity index (χ1v) is 7.71. The van der Waals surface area contributed by atoms with E-state index in [2.05, 4.69) is 15.2 Å². The number of hydrogen-bond donors (Lipinski definition) is 4. The highest BCUT2D eigenvalue weighted by Gasteiger charge is 2.32. The van der Waals surface area contributed by atoms with Gasteiger partial charge in [0.05, 0.1) is 0 Å². The van der Waals surface area contributed by atoms with Crippen LogP contribution in [0.4, 0.5) is 5.82 Å². The Bertz CT molecular complexity index is 428. The second kappa shape index (κ2) is 8.29. The molecule has 2 atom stereocenters. The lowest BCUT2D eigenvalue weighted by molar-refractivity contribution is 0.279. The molecule has 1 aromatic rings. The summed E-state index contributed by atoms with van der Waals surface area (Å²) in [5, 5.41) is 12.5. The molecule has 1 saturated heterocycles. The average molecular weight is 293 g/mol. The summed E-state index contributed by atoms with van der Waals surface area (Å²) in [5.74, 6) is 1.08. The number of aliphatic hydroxyl groups excluding tert-OH is 1. The summed E-state index contributed by atoms with van der Waals surface area (Å²) in [5.41, 5.74) is 12.5. The third-order valence-electron chi connectivity index (χ3n) is 4.00. The van der Waals surface area contributed by atoms with Crippen molar-refractivity contribution in [3.8, 4) is 0 Å². The van der Waals surface area contributed by atoms with Gasteiger partial charge in [-0.15, -0.1) is 0 Å².